The molecule has 2 heterocycles. The number of nitrogens with one attached hydrogen (secondary N) is 2. The molecule has 1 amide bonds. The van der Waals surface area contributed by atoms with Crippen LogP contribution < -0.4 is 10.6 Å². The van der Waals surface area contributed by atoms with Crippen molar-refractivity contribution in [3.8, 4) is 0 Å². The van der Waals surface area contributed by atoms with E-state index in [-0.39, 0.29) is 11.9 Å². The first-order valence-corrected chi connectivity index (χ1v) is 7.06. The van der Waals surface area contributed by atoms with Crippen LogP contribution in [0.25, 0.3) is 0 Å². The first kappa shape index (κ1) is 12.5. The maximum atomic E-state index is 11.9. The lowest BCUT2D eigenvalue weighted by Gasteiger charge is -2.22. The molecule has 2 N–H and O–H groups in total. The minimum atomic E-state index is -0.00522. The fraction of sp³-hybridized carbons (Fsp3) is 0.667. The predicted molar refractivity (Wildman–Crippen MR) is 69.0 cm³/mol. The lowest BCUT2D eigenvalue weighted by atomic mass is 10.0. The molecule has 0 radical (unpaired) electrons. The van der Waals surface area contributed by atoms with E-state index < -0.39 is 0 Å². The van der Waals surface area contributed by atoms with Crippen LogP contribution in [0.1, 0.15) is 36.1 Å². The van der Waals surface area contributed by atoms with E-state index in [1.54, 1.807) is 11.3 Å². The topological polar surface area (TPSA) is 54.0 Å². The van der Waals surface area contributed by atoms with Gasteiger partial charge in [0.15, 0.2) is 0 Å². The van der Waals surface area contributed by atoms with Crippen molar-refractivity contribution in [2.24, 2.45) is 0 Å². The van der Waals surface area contributed by atoms with Gasteiger partial charge in [-0.25, -0.2) is 4.98 Å². The molecular formula is C12H19N3OS. The number of piperidine rings is 1. The molecule has 1 unspecified atom stereocenters. The summed E-state index contributed by atoms with van der Waals surface area (Å²) in [5, 5.41) is 7.19. The first-order chi connectivity index (χ1) is 8.29. The Balaban J connectivity index is 1.78. The molecule has 94 valence electrons. The van der Waals surface area contributed by atoms with Crippen LogP contribution in [0.4, 0.5) is 0 Å². The summed E-state index contributed by atoms with van der Waals surface area (Å²) in [6, 6.07) is -0.00522. The predicted octanol–water partition coefficient (Wildman–Crippen LogP) is 1.46. The Labute approximate surface area is 106 Å². The third-order valence-electron chi connectivity index (χ3n) is 2.99. The minimum Gasteiger partial charge on any atom is -0.348 e. The molecule has 0 aromatic carbocycles. The van der Waals surface area contributed by atoms with Crippen molar-refractivity contribution in [3.05, 3.63) is 16.1 Å². The van der Waals surface area contributed by atoms with E-state index in [0.717, 1.165) is 30.8 Å². The Morgan fingerprint density at radius 1 is 1.65 bits per heavy atom. The maximum absolute atomic E-state index is 11.9. The molecule has 0 aliphatic carbocycles. The van der Waals surface area contributed by atoms with Gasteiger partial charge in [-0.05, 0) is 25.8 Å². The number of carbonyl (C=O) groups excluding carboxylic acids is 1. The quantitative estimate of drug-likeness (QED) is 0.854. The van der Waals surface area contributed by atoms with Gasteiger partial charge in [-0.1, -0.05) is 13.3 Å². The van der Waals surface area contributed by atoms with Gasteiger partial charge in [-0.2, -0.15) is 0 Å². The second-order valence-electron chi connectivity index (χ2n) is 4.29. The minimum absolute atomic E-state index is 0.00522. The van der Waals surface area contributed by atoms with Crippen molar-refractivity contribution in [1.82, 2.24) is 15.6 Å². The molecule has 1 aromatic rings. The van der Waals surface area contributed by atoms with E-state index in [2.05, 4.69) is 22.5 Å². The maximum Gasteiger partial charge on any atom is 0.237 e. The van der Waals surface area contributed by atoms with Gasteiger partial charge in [0, 0.05) is 11.1 Å². The highest BCUT2D eigenvalue weighted by molar-refractivity contribution is 7.11. The van der Waals surface area contributed by atoms with Gasteiger partial charge in [-0.15, -0.1) is 11.3 Å². The number of aromatic nitrogens is 1. The Morgan fingerprint density at radius 2 is 2.53 bits per heavy atom. The van der Waals surface area contributed by atoms with E-state index in [4.69, 9.17) is 0 Å². The standard InChI is InChI=1S/C12H19N3OS/c1-2-9-7-14-11(17-9)8-15-12(16)10-5-3-4-6-13-10/h7,10,13H,2-6,8H2,1H3,(H,15,16). The number of carbonyl (C=O) groups is 1. The summed E-state index contributed by atoms with van der Waals surface area (Å²) in [5.41, 5.74) is 0. The smallest absolute Gasteiger partial charge is 0.237 e. The third kappa shape index (κ3) is 3.51. The number of hydrogen-bond acceptors (Lipinski definition) is 4. The zero-order chi connectivity index (χ0) is 12.1. The molecule has 4 nitrogen and oxygen atoms in total. The molecular weight excluding hydrogens is 234 g/mol. The van der Waals surface area contributed by atoms with Gasteiger partial charge in [0.25, 0.3) is 0 Å². The first-order valence-electron chi connectivity index (χ1n) is 6.24. The largest absolute Gasteiger partial charge is 0.348 e. The van der Waals surface area contributed by atoms with Crippen molar-refractivity contribution < 1.29 is 4.79 Å². The summed E-state index contributed by atoms with van der Waals surface area (Å²) in [6.45, 7) is 3.62. The summed E-state index contributed by atoms with van der Waals surface area (Å²) >= 11 is 1.68. The van der Waals surface area contributed by atoms with E-state index >= 15 is 0 Å². The van der Waals surface area contributed by atoms with Crippen LogP contribution >= 0.6 is 11.3 Å². The molecule has 0 bridgehead atoms. The van der Waals surface area contributed by atoms with Gasteiger partial charge >= 0.3 is 0 Å². The zero-order valence-corrected chi connectivity index (χ0v) is 11.0. The normalized spacial score (nSPS) is 20.2. The fourth-order valence-corrected chi connectivity index (χ4v) is 2.76. The van der Waals surface area contributed by atoms with Gasteiger partial charge in [0.2, 0.25) is 5.91 Å². The van der Waals surface area contributed by atoms with Gasteiger partial charge < -0.3 is 10.6 Å². The number of thiazole rings is 1. The molecule has 17 heavy (non-hydrogen) atoms. The van der Waals surface area contributed by atoms with E-state index in [1.807, 2.05) is 6.20 Å². The van der Waals surface area contributed by atoms with Crippen LogP contribution in [0.2, 0.25) is 0 Å². The average molecular weight is 253 g/mol. The highest BCUT2D eigenvalue weighted by atomic mass is 32.1. The second kappa shape index (κ2) is 6.12. The Morgan fingerprint density at radius 3 is 3.18 bits per heavy atom. The molecule has 1 aliphatic heterocycles. The van der Waals surface area contributed by atoms with E-state index in [0.29, 0.717) is 6.54 Å². The number of aryl methyl sites for hydroxylation is 1. The molecule has 1 aliphatic rings. The molecule has 0 spiro atoms. The number of amides is 1. The van der Waals surface area contributed by atoms with E-state index in [9.17, 15) is 4.79 Å². The summed E-state index contributed by atoms with van der Waals surface area (Å²) in [6.07, 6.45) is 6.17. The van der Waals surface area contributed by atoms with Gasteiger partial charge in [0.1, 0.15) is 5.01 Å². The van der Waals surface area contributed by atoms with Crippen LogP contribution in [0.5, 0.6) is 0 Å². The SMILES string of the molecule is CCc1cnc(CNC(=O)C2CCCCN2)s1. The zero-order valence-electron chi connectivity index (χ0n) is 10.2. The van der Waals surface area contributed by atoms with Crippen molar-refractivity contribution in [2.75, 3.05) is 6.54 Å². The van der Waals surface area contributed by atoms with Gasteiger partial charge in [0.05, 0.1) is 12.6 Å². The number of hydrogen-bond donors (Lipinski definition) is 2. The molecule has 2 rings (SSSR count). The monoisotopic (exact) mass is 253 g/mol. The Kier molecular flexibility index (Phi) is 4.50. The highest BCUT2D eigenvalue weighted by Gasteiger charge is 2.20. The van der Waals surface area contributed by atoms with Crippen molar-refractivity contribution in [3.63, 3.8) is 0 Å². The van der Waals surface area contributed by atoms with Crippen LogP contribution in [-0.4, -0.2) is 23.5 Å². The molecule has 1 atom stereocenters. The number of nitrogens with zero attached hydrogens (tertiary/aromatic N) is 1. The van der Waals surface area contributed by atoms with Crippen molar-refractivity contribution >= 4 is 17.2 Å². The second-order valence-corrected chi connectivity index (χ2v) is 5.49. The average Bonchev–Trinajstić information content (AvgIpc) is 2.85. The summed E-state index contributed by atoms with van der Waals surface area (Å²) in [7, 11) is 0. The van der Waals surface area contributed by atoms with E-state index in [1.165, 1.54) is 11.3 Å². The third-order valence-corrected chi connectivity index (χ3v) is 4.13. The Hall–Kier alpha value is -0.940. The summed E-state index contributed by atoms with van der Waals surface area (Å²) in [5.74, 6) is 0.109. The van der Waals surface area contributed by atoms with Crippen molar-refractivity contribution in [1.29, 1.82) is 0 Å². The summed E-state index contributed by atoms with van der Waals surface area (Å²) in [4.78, 5) is 17.4. The van der Waals surface area contributed by atoms with Crippen LogP contribution in [0.15, 0.2) is 6.20 Å². The molecule has 1 saturated heterocycles. The molecule has 1 aromatic heterocycles. The van der Waals surface area contributed by atoms with Crippen LogP contribution in [0.3, 0.4) is 0 Å². The van der Waals surface area contributed by atoms with Crippen molar-refractivity contribution in [2.45, 2.75) is 45.2 Å². The highest BCUT2D eigenvalue weighted by Crippen LogP contribution is 2.13. The Bertz CT molecular complexity index is 372. The van der Waals surface area contributed by atoms with Gasteiger partial charge in [-0.3, -0.25) is 4.79 Å². The lowest BCUT2D eigenvalue weighted by Crippen LogP contribution is -2.46. The summed E-state index contributed by atoms with van der Waals surface area (Å²) < 4.78 is 0. The molecule has 5 heteroatoms. The lowest BCUT2D eigenvalue weighted by molar-refractivity contribution is -0.123. The fourth-order valence-electron chi connectivity index (χ4n) is 1.95. The number of rotatable bonds is 4. The molecule has 0 saturated carbocycles. The molecule has 1 fully saturated rings. The van der Waals surface area contributed by atoms with Crippen LogP contribution in [0, 0.1) is 0 Å². The van der Waals surface area contributed by atoms with Crippen LogP contribution in [-0.2, 0) is 17.8 Å².